The van der Waals surface area contributed by atoms with Crippen LogP contribution in [0.5, 0.6) is 0 Å². The SMILES string of the molecule is Cc1nn(Cc2cccc(Cl)c2Cl)cc1CNCC(C)C. The molecule has 0 atom stereocenters. The number of halogens is 2. The van der Waals surface area contributed by atoms with E-state index in [4.69, 9.17) is 23.2 Å². The Labute approximate surface area is 136 Å². The van der Waals surface area contributed by atoms with E-state index in [0.29, 0.717) is 22.5 Å². The zero-order valence-corrected chi connectivity index (χ0v) is 14.2. The van der Waals surface area contributed by atoms with Crippen LogP contribution in [-0.2, 0) is 13.1 Å². The number of aromatic nitrogens is 2. The van der Waals surface area contributed by atoms with Crippen molar-refractivity contribution in [2.75, 3.05) is 6.54 Å². The molecule has 3 nitrogen and oxygen atoms in total. The molecule has 1 N–H and O–H groups in total. The van der Waals surface area contributed by atoms with Gasteiger partial charge in [0.15, 0.2) is 0 Å². The monoisotopic (exact) mass is 325 g/mol. The van der Waals surface area contributed by atoms with Gasteiger partial charge in [-0.15, -0.1) is 0 Å². The first-order chi connectivity index (χ1) is 9.97. The van der Waals surface area contributed by atoms with E-state index in [1.54, 1.807) is 6.07 Å². The van der Waals surface area contributed by atoms with E-state index in [9.17, 15) is 0 Å². The number of benzene rings is 1. The van der Waals surface area contributed by atoms with Crippen LogP contribution in [0.4, 0.5) is 0 Å². The maximum Gasteiger partial charge on any atom is 0.0674 e. The molecule has 114 valence electrons. The van der Waals surface area contributed by atoms with Gasteiger partial charge in [0.1, 0.15) is 0 Å². The molecule has 1 heterocycles. The highest BCUT2D eigenvalue weighted by Gasteiger charge is 2.08. The van der Waals surface area contributed by atoms with Gasteiger partial charge in [-0.2, -0.15) is 5.10 Å². The fourth-order valence-corrected chi connectivity index (χ4v) is 2.53. The minimum atomic E-state index is 0.580. The molecule has 0 unspecified atom stereocenters. The first-order valence-corrected chi connectivity index (χ1v) is 7.89. The number of rotatable bonds is 6. The van der Waals surface area contributed by atoms with Crippen LogP contribution in [0.25, 0.3) is 0 Å². The van der Waals surface area contributed by atoms with Gasteiger partial charge in [0.2, 0.25) is 0 Å². The third-order valence-electron chi connectivity index (χ3n) is 3.28. The third kappa shape index (κ3) is 4.47. The Morgan fingerprint density at radius 3 is 2.71 bits per heavy atom. The molecule has 2 rings (SSSR count). The lowest BCUT2D eigenvalue weighted by Crippen LogP contribution is -2.19. The molecule has 5 heteroatoms. The molecular formula is C16H21Cl2N3. The van der Waals surface area contributed by atoms with Crippen LogP contribution >= 0.6 is 23.2 Å². The van der Waals surface area contributed by atoms with Crippen LogP contribution in [0.15, 0.2) is 24.4 Å². The van der Waals surface area contributed by atoms with Crippen LogP contribution in [0, 0.1) is 12.8 Å². The Bertz CT molecular complexity index is 606. The van der Waals surface area contributed by atoms with E-state index in [2.05, 4.69) is 30.5 Å². The van der Waals surface area contributed by atoms with E-state index in [1.807, 2.05) is 23.7 Å². The Morgan fingerprint density at radius 1 is 1.24 bits per heavy atom. The van der Waals surface area contributed by atoms with Gasteiger partial charge in [-0.1, -0.05) is 49.2 Å². The molecule has 0 spiro atoms. The van der Waals surface area contributed by atoms with E-state index < -0.39 is 0 Å². The lowest BCUT2D eigenvalue weighted by molar-refractivity contribution is 0.551. The molecule has 1 aromatic carbocycles. The van der Waals surface area contributed by atoms with E-state index in [-0.39, 0.29) is 0 Å². The van der Waals surface area contributed by atoms with Gasteiger partial charge in [0.25, 0.3) is 0 Å². The van der Waals surface area contributed by atoms with Crippen molar-refractivity contribution in [2.45, 2.75) is 33.9 Å². The molecule has 2 aromatic rings. The minimum absolute atomic E-state index is 0.580. The van der Waals surface area contributed by atoms with Gasteiger partial charge in [-0.05, 0) is 31.0 Å². The second kappa shape index (κ2) is 7.30. The van der Waals surface area contributed by atoms with Gasteiger partial charge in [-0.25, -0.2) is 0 Å². The van der Waals surface area contributed by atoms with Gasteiger partial charge >= 0.3 is 0 Å². The van der Waals surface area contributed by atoms with Gasteiger partial charge < -0.3 is 5.32 Å². The molecule has 0 amide bonds. The Hall–Kier alpha value is -1.03. The van der Waals surface area contributed by atoms with Crippen LogP contribution < -0.4 is 5.32 Å². The molecule has 0 aliphatic carbocycles. The zero-order chi connectivity index (χ0) is 15.4. The maximum atomic E-state index is 6.22. The number of nitrogens with zero attached hydrogens (tertiary/aromatic N) is 2. The van der Waals surface area contributed by atoms with Crippen molar-refractivity contribution in [1.82, 2.24) is 15.1 Å². The minimum Gasteiger partial charge on any atom is -0.312 e. The smallest absolute Gasteiger partial charge is 0.0674 e. The van der Waals surface area contributed by atoms with E-state index in [0.717, 1.165) is 24.3 Å². The lowest BCUT2D eigenvalue weighted by atomic mass is 10.2. The summed E-state index contributed by atoms with van der Waals surface area (Å²) in [5.41, 5.74) is 3.24. The van der Waals surface area contributed by atoms with Crippen molar-refractivity contribution in [3.63, 3.8) is 0 Å². The van der Waals surface area contributed by atoms with E-state index in [1.165, 1.54) is 5.56 Å². The number of aryl methyl sites for hydroxylation is 1. The second-order valence-electron chi connectivity index (χ2n) is 5.68. The van der Waals surface area contributed by atoms with Crippen LogP contribution in [0.1, 0.15) is 30.7 Å². The topological polar surface area (TPSA) is 29.9 Å². The number of nitrogens with one attached hydrogen (secondary N) is 1. The van der Waals surface area contributed by atoms with Crippen molar-refractivity contribution in [1.29, 1.82) is 0 Å². The van der Waals surface area contributed by atoms with Crippen molar-refractivity contribution >= 4 is 23.2 Å². The van der Waals surface area contributed by atoms with Crippen molar-refractivity contribution < 1.29 is 0 Å². The van der Waals surface area contributed by atoms with Gasteiger partial charge in [0, 0.05) is 18.3 Å². The highest BCUT2D eigenvalue weighted by Crippen LogP contribution is 2.26. The molecule has 0 radical (unpaired) electrons. The molecule has 21 heavy (non-hydrogen) atoms. The van der Waals surface area contributed by atoms with Crippen LogP contribution in [0.3, 0.4) is 0 Å². The fourth-order valence-electron chi connectivity index (χ4n) is 2.15. The molecule has 1 aromatic heterocycles. The zero-order valence-electron chi connectivity index (χ0n) is 12.7. The summed E-state index contributed by atoms with van der Waals surface area (Å²) < 4.78 is 1.92. The summed E-state index contributed by atoms with van der Waals surface area (Å²) in [5, 5.41) is 9.17. The van der Waals surface area contributed by atoms with Crippen LogP contribution in [-0.4, -0.2) is 16.3 Å². The molecule has 0 saturated carbocycles. The molecule has 0 aliphatic rings. The normalized spacial score (nSPS) is 11.3. The highest BCUT2D eigenvalue weighted by atomic mass is 35.5. The second-order valence-corrected chi connectivity index (χ2v) is 6.46. The highest BCUT2D eigenvalue weighted by molar-refractivity contribution is 6.42. The third-order valence-corrected chi connectivity index (χ3v) is 4.14. The summed E-state index contributed by atoms with van der Waals surface area (Å²) in [4.78, 5) is 0. The molecule has 0 saturated heterocycles. The van der Waals surface area contributed by atoms with Crippen molar-refractivity contribution in [2.24, 2.45) is 5.92 Å². The molecule has 0 bridgehead atoms. The fraction of sp³-hybridized carbons (Fsp3) is 0.438. The maximum absolute atomic E-state index is 6.22. The quantitative estimate of drug-likeness (QED) is 0.858. The summed E-state index contributed by atoms with van der Waals surface area (Å²) in [5.74, 6) is 0.644. The molecule has 0 aliphatic heterocycles. The predicted octanol–water partition coefficient (Wildman–Crippen LogP) is 4.29. The molecule has 0 fully saturated rings. The largest absolute Gasteiger partial charge is 0.312 e. The first-order valence-electron chi connectivity index (χ1n) is 7.14. The molecular weight excluding hydrogens is 305 g/mol. The van der Waals surface area contributed by atoms with E-state index >= 15 is 0 Å². The predicted molar refractivity (Wildman–Crippen MR) is 89.1 cm³/mol. The summed E-state index contributed by atoms with van der Waals surface area (Å²) >= 11 is 12.3. The van der Waals surface area contributed by atoms with Gasteiger partial charge in [-0.3, -0.25) is 4.68 Å². The Kier molecular flexibility index (Phi) is 5.68. The average molecular weight is 326 g/mol. The lowest BCUT2D eigenvalue weighted by Gasteiger charge is -2.06. The summed E-state index contributed by atoms with van der Waals surface area (Å²) in [6, 6.07) is 5.68. The van der Waals surface area contributed by atoms with Crippen molar-refractivity contribution in [3.05, 3.63) is 51.3 Å². The average Bonchev–Trinajstić information content (AvgIpc) is 2.75. The Balaban J connectivity index is 2.06. The van der Waals surface area contributed by atoms with Gasteiger partial charge in [0.05, 0.1) is 22.3 Å². The number of hydrogen-bond donors (Lipinski definition) is 1. The Morgan fingerprint density at radius 2 is 2.00 bits per heavy atom. The van der Waals surface area contributed by atoms with Crippen molar-refractivity contribution in [3.8, 4) is 0 Å². The summed E-state index contributed by atoms with van der Waals surface area (Å²) in [7, 11) is 0. The van der Waals surface area contributed by atoms with Crippen LogP contribution in [0.2, 0.25) is 10.0 Å². The summed E-state index contributed by atoms with van der Waals surface area (Å²) in [6.07, 6.45) is 2.07. The first kappa shape index (κ1) is 16.3. The standard InChI is InChI=1S/C16H21Cl2N3/c1-11(2)7-19-8-14-10-21(20-12(14)3)9-13-5-4-6-15(17)16(13)18/h4-6,10-11,19H,7-9H2,1-3H3. The number of hydrogen-bond acceptors (Lipinski definition) is 2. The summed E-state index contributed by atoms with van der Waals surface area (Å²) in [6.45, 7) is 8.90.